The van der Waals surface area contributed by atoms with Gasteiger partial charge in [0.25, 0.3) is 5.69 Å². The van der Waals surface area contributed by atoms with Gasteiger partial charge in [-0.2, -0.15) is 0 Å². The molecule has 0 aliphatic carbocycles. The van der Waals surface area contributed by atoms with Gasteiger partial charge in [-0.3, -0.25) is 14.7 Å². The molecule has 0 saturated heterocycles. The SMILES string of the molecule is CN(Cc1ccccc1[N+](=O)[O-])C(=O)n1ccnc1. The second-order valence-corrected chi connectivity index (χ2v) is 3.99. The van der Waals surface area contributed by atoms with E-state index in [1.54, 1.807) is 25.2 Å². The van der Waals surface area contributed by atoms with Crippen molar-refractivity contribution in [3.8, 4) is 0 Å². The van der Waals surface area contributed by atoms with Gasteiger partial charge >= 0.3 is 6.03 Å². The van der Waals surface area contributed by atoms with Gasteiger partial charge < -0.3 is 4.90 Å². The van der Waals surface area contributed by atoms with Crippen molar-refractivity contribution in [2.24, 2.45) is 0 Å². The molecule has 2 rings (SSSR count). The Morgan fingerprint density at radius 2 is 2.21 bits per heavy atom. The third kappa shape index (κ3) is 2.76. The predicted molar refractivity (Wildman–Crippen MR) is 67.6 cm³/mol. The summed E-state index contributed by atoms with van der Waals surface area (Å²) in [7, 11) is 1.58. The van der Waals surface area contributed by atoms with E-state index in [-0.39, 0.29) is 18.3 Å². The van der Waals surface area contributed by atoms with Crippen LogP contribution in [0.5, 0.6) is 0 Å². The summed E-state index contributed by atoms with van der Waals surface area (Å²) in [6.45, 7) is 0.161. The number of hydrogen-bond acceptors (Lipinski definition) is 4. The number of imidazole rings is 1. The fourth-order valence-electron chi connectivity index (χ4n) is 1.72. The number of amides is 1. The first-order chi connectivity index (χ1) is 9.09. The number of para-hydroxylation sites is 1. The van der Waals surface area contributed by atoms with Gasteiger partial charge in [-0.25, -0.2) is 9.78 Å². The van der Waals surface area contributed by atoms with Crippen molar-refractivity contribution in [2.45, 2.75) is 6.54 Å². The van der Waals surface area contributed by atoms with Crippen LogP contribution in [0.15, 0.2) is 43.0 Å². The number of benzene rings is 1. The molecule has 0 bridgehead atoms. The summed E-state index contributed by atoms with van der Waals surface area (Å²) < 4.78 is 1.31. The lowest BCUT2D eigenvalue weighted by molar-refractivity contribution is -0.385. The van der Waals surface area contributed by atoms with Crippen LogP contribution in [-0.4, -0.2) is 32.5 Å². The van der Waals surface area contributed by atoms with Gasteiger partial charge in [0.15, 0.2) is 0 Å². The molecule has 0 unspecified atom stereocenters. The van der Waals surface area contributed by atoms with Gasteiger partial charge in [0.05, 0.1) is 11.5 Å². The number of carbonyl (C=O) groups excluding carboxylic acids is 1. The summed E-state index contributed by atoms with van der Waals surface area (Å²) in [4.78, 5) is 27.6. The van der Waals surface area contributed by atoms with Crippen molar-refractivity contribution in [2.75, 3.05) is 7.05 Å². The molecule has 0 spiro atoms. The molecule has 98 valence electrons. The molecule has 7 nitrogen and oxygen atoms in total. The van der Waals surface area contributed by atoms with Gasteiger partial charge in [-0.1, -0.05) is 18.2 Å². The number of nitrogens with zero attached hydrogens (tertiary/aromatic N) is 4. The minimum absolute atomic E-state index is 0.00720. The Balaban J connectivity index is 2.17. The molecule has 0 aliphatic heterocycles. The van der Waals surface area contributed by atoms with Crippen LogP contribution in [0.2, 0.25) is 0 Å². The van der Waals surface area contributed by atoms with Gasteiger partial charge in [-0.15, -0.1) is 0 Å². The lowest BCUT2D eigenvalue weighted by Gasteiger charge is -2.17. The van der Waals surface area contributed by atoms with Crippen LogP contribution in [0, 0.1) is 10.1 Å². The topological polar surface area (TPSA) is 81.3 Å². The van der Waals surface area contributed by atoms with Crippen molar-refractivity contribution in [1.29, 1.82) is 0 Å². The van der Waals surface area contributed by atoms with E-state index >= 15 is 0 Å². The van der Waals surface area contributed by atoms with Gasteiger partial charge in [-0.05, 0) is 0 Å². The van der Waals surface area contributed by atoms with Crippen molar-refractivity contribution in [3.05, 3.63) is 58.7 Å². The molecule has 7 heteroatoms. The summed E-state index contributed by atoms with van der Waals surface area (Å²) in [6.07, 6.45) is 4.41. The maximum absolute atomic E-state index is 12.0. The highest BCUT2D eigenvalue weighted by molar-refractivity contribution is 5.76. The Hall–Kier alpha value is -2.70. The summed E-state index contributed by atoms with van der Waals surface area (Å²) in [6, 6.07) is 6.06. The van der Waals surface area contributed by atoms with Crippen LogP contribution in [0.4, 0.5) is 10.5 Å². The molecule has 1 amide bonds. The van der Waals surface area contributed by atoms with Gasteiger partial charge in [0.2, 0.25) is 0 Å². The maximum atomic E-state index is 12.0. The molecule has 0 N–H and O–H groups in total. The van der Waals surface area contributed by atoms with Gasteiger partial charge in [0.1, 0.15) is 6.33 Å². The smallest absolute Gasteiger partial charge is 0.323 e. The van der Waals surface area contributed by atoms with E-state index in [9.17, 15) is 14.9 Å². The zero-order valence-corrected chi connectivity index (χ0v) is 10.3. The fourth-order valence-corrected chi connectivity index (χ4v) is 1.72. The van der Waals surface area contributed by atoms with Crippen molar-refractivity contribution in [1.82, 2.24) is 14.5 Å². The quantitative estimate of drug-likeness (QED) is 0.623. The highest BCUT2D eigenvalue weighted by Gasteiger charge is 2.17. The second kappa shape index (κ2) is 5.30. The number of nitro benzene ring substituents is 1. The zero-order valence-electron chi connectivity index (χ0n) is 10.3. The minimum atomic E-state index is -0.454. The normalized spacial score (nSPS) is 10.2. The molecule has 0 radical (unpaired) electrons. The van der Waals surface area contributed by atoms with E-state index in [1.165, 1.54) is 34.3 Å². The fraction of sp³-hybridized carbons (Fsp3) is 0.167. The zero-order chi connectivity index (χ0) is 13.8. The Bertz CT molecular complexity index is 595. The van der Waals surface area contributed by atoms with Crippen LogP contribution >= 0.6 is 0 Å². The first-order valence-corrected chi connectivity index (χ1v) is 5.55. The molecule has 0 saturated carbocycles. The number of rotatable bonds is 3. The van der Waals surface area contributed by atoms with Crippen LogP contribution in [-0.2, 0) is 6.54 Å². The number of carbonyl (C=O) groups is 1. The molecular formula is C12H12N4O3. The van der Waals surface area contributed by atoms with Crippen molar-refractivity contribution >= 4 is 11.7 Å². The average Bonchev–Trinajstić information content (AvgIpc) is 2.92. The number of aromatic nitrogens is 2. The van der Waals surface area contributed by atoms with Crippen LogP contribution in [0.3, 0.4) is 0 Å². The third-order valence-electron chi connectivity index (χ3n) is 2.65. The molecule has 1 heterocycles. The van der Waals surface area contributed by atoms with E-state index < -0.39 is 4.92 Å². The highest BCUT2D eigenvalue weighted by Crippen LogP contribution is 2.19. The first kappa shape index (κ1) is 12.7. The monoisotopic (exact) mass is 260 g/mol. The van der Waals surface area contributed by atoms with Crippen LogP contribution in [0.25, 0.3) is 0 Å². The second-order valence-electron chi connectivity index (χ2n) is 3.99. The van der Waals surface area contributed by atoms with E-state index in [0.29, 0.717) is 5.56 Å². The summed E-state index contributed by atoms with van der Waals surface area (Å²) >= 11 is 0. The molecular weight excluding hydrogens is 248 g/mol. The maximum Gasteiger partial charge on any atom is 0.329 e. The predicted octanol–water partition coefficient (Wildman–Crippen LogP) is 1.89. The first-order valence-electron chi connectivity index (χ1n) is 5.55. The molecule has 19 heavy (non-hydrogen) atoms. The Morgan fingerprint density at radius 3 is 2.84 bits per heavy atom. The Morgan fingerprint density at radius 1 is 1.47 bits per heavy atom. The molecule has 0 atom stereocenters. The van der Waals surface area contributed by atoms with E-state index in [2.05, 4.69) is 4.98 Å². The van der Waals surface area contributed by atoms with E-state index in [0.717, 1.165) is 0 Å². The lowest BCUT2D eigenvalue weighted by atomic mass is 10.2. The average molecular weight is 260 g/mol. The highest BCUT2D eigenvalue weighted by atomic mass is 16.6. The molecule has 0 aliphatic rings. The molecule has 1 aromatic heterocycles. The van der Waals surface area contributed by atoms with Crippen molar-refractivity contribution < 1.29 is 9.72 Å². The standard InChI is InChI=1S/C12H12N4O3/c1-14(12(17)15-7-6-13-9-15)8-10-4-2-3-5-11(10)16(18)19/h2-7,9H,8H2,1H3. The van der Waals surface area contributed by atoms with Crippen LogP contribution < -0.4 is 0 Å². The van der Waals surface area contributed by atoms with Gasteiger partial charge in [0, 0.05) is 31.1 Å². The van der Waals surface area contributed by atoms with Crippen molar-refractivity contribution in [3.63, 3.8) is 0 Å². The van der Waals surface area contributed by atoms with E-state index in [1.807, 2.05) is 0 Å². The largest absolute Gasteiger partial charge is 0.329 e. The summed E-state index contributed by atoms with van der Waals surface area (Å²) in [5.41, 5.74) is 0.497. The molecule has 1 aromatic carbocycles. The summed E-state index contributed by atoms with van der Waals surface area (Å²) in [5, 5.41) is 10.9. The summed E-state index contributed by atoms with van der Waals surface area (Å²) in [5.74, 6) is 0. The third-order valence-corrected chi connectivity index (χ3v) is 2.65. The molecule has 0 fully saturated rings. The number of hydrogen-bond donors (Lipinski definition) is 0. The van der Waals surface area contributed by atoms with Crippen LogP contribution in [0.1, 0.15) is 5.56 Å². The Labute approximate surface area is 109 Å². The number of nitro groups is 1. The molecule has 2 aromatic rings. The lowest BCUT2D eigenvalue weighted by Crippen LogP contribution is -2.30. The van der Waals surface area contributed by atoms with E-state index in [4.69, 9.17) is 0 Å². The minimum Gasteiger partial charge on any atom is -0.323 e. The Kier molecular flexibility index (Phi) is 3.56.